The SMILES string of the molecule is O=C1NC(O)NC2C1C(C(F)(F)F)NN2C(c1ccc(C(F)(F)F)cc1)C1CC1. The second kappa shape index (κ2) is 6.83. The van der Waals surface area contributed by atoms with Crippen molar-refractivity contribution in [2.75, 3.05) is 0 Å². The third kappa shape index (κ3) is 3.81. The Balaban J connectivity index is 1.69. The fourth-order valence-electron chi connectivity index (χ4n) is 4.06. The maximum Gasteiger partial charge on any atom is 0.416 e. The third-order valence-electron chi connectivity index (χ3n) is 5.50. The molecule has 0 bridgehead atoms. The molecule has 1 aliphatic carbocycles. The molecular formula is C17H18F6N4O2. The van der Waals surface area contributed by atoms with E-state index in [1.54, 1.807) is 0 Å². The number of halogens is 6. The van der Waals surface area contributed by atoms with Gasteiger partial charge in [-0.3, -0.25) is 10.1 Å². The largest absolute Gasteiger partial charge is 0.416 e. The quantitative estimate of drug-likeness (QED) is 0.558. The number of nitrogens with one attached hydrogen (secondary N) is 3. The van der Waals surface area contributed by atoms with Gasteiger partial charge in [-0.1, -0.05) is 12.1 Å². The van der Waals surface area contributed by atoms with E-state index in [2.05, 4.69) is 10.7 Å². The van der Waals surface area contributed by atoms with Gasteiger partial charge in [-0.25, -0.2) is 10.4 Å². The number of carbonyl (C=O) groups excluding carboxylic acids is 1. The van der Waals surface area contributed by atoms with Crippen LogP contribution in [0, 0.1) is 11.8 Å². The van der Waals surface area contributed by atoms with E-state index in [0.717, 1.165) is 12.1 Å². The zero-order valence-corrected chi connectivity index (χ0v) is 14.8. The number of aliphatic hydroxyl groups excluding tert-OH is 1. The standard InChI is InChI=1S/C17H18F6N4O2/c18-16(19,20)9-5-3-8(4-6-9)11(7-1-2-7)27-13-10(12(26-27)17(21,22)23)14(28)25-15(29)24-13/h3-7,10-13,15,24,26,29H,1-2H2,(H,25,28). The lowest BCUT2D eigenvalue weighted by Crippen LogP contribution is -2.65. The van der Waals surface area contributed by atoms with Crippen molar-refractivity contribution in [3.05, 3.63) is 35.4 Å². The smallest absolute Gasteiger partial charge is 0.361 e. The van der Waals surface area contributed by atoms with Crippen molar-refractivity contribution < 1.29 is 36.2 Å². The number of hydrogen-bond donors (Lipinski definition) is 4. The number of rotatable bonds is 3. The summed E-state index contributed by atoms with van der Waals surface area (Å²) >= 11 is 0. The Hall–Kier alpha value is -1.89. The minimum atomic E-state index is -4.74. The summed E-state index contributed by atoms with van der Waals surface area (Å²) in [4.78, 5) is 12.2. The van der Waals surface area contributed by atoms with Gasteiger partial charge in [0.05, 0.1) is 23.7 Å². The van der Waals surface area contributed by atoms with Crippen LogP contribution in [0.3, 0.4) is 0 Å². The molecule has 2 saturated heterocycles. The van der Waals surface area contributed by atoms with Crippen LogP contribution in [0.5, 0.6) is 0 Å². The van der Waals surface area contributed by atoms with Crippen LogP contribution < -0.4 is 16.1 Å². The zero-order valence-electron chi connectivity index (χ0n) is 14.8. The average Bonchev–Trinajstić information content (AvgIpc) is 3.35. The molecule has 2 heterocycles. The Morgan fingerprint density at radius 2 is 1.69 bits per heavy atom. The van der Waals surface area contributed by atoms with Crippen LogP contribution in [0.2, 0.25) is 0 Å². The number of fused-ring (bicyclic) bond motifs is 1. The Morgan fingerprint density at radius 1 is 1.07 bits per heavy atom. The fourth-order valence-corrected chi connectivity index (χ4v) is 4.06. The fraction of sp³-hybridized carbons (Fsp3) is 0.588. The van der Waals surface area contributed by atoms with Crippen molar-refractivity contribution in [1.29, 1.82) is 0 Å². The summed E-state index contributed by atoms with van der Waals surface area (Å²) in [6, 6.07) is 1.36. The molecule has 5 unspecified atom stereocenters. The second-order valence-electron chi connectivity index (χ2n) is 7.51. The van der Waals surface area contributed by atoms with Gasteiger partial charge in [0.2, 0.25) is 5.91 Å². The van der Waals surface area contributed by atoms with E-state index in [1.165, 1.54) is 17.1 Å². The van der Waals surface area contributed by atoms with E-state index in [4.69, 9.17) is 0 Å². The van der Waals surface area contributed by atoms with E-state index in [-0.39, 0.29) is 5.92 Å². The lowest BCUT2D eigenvalue weighted by Gasteiger charge is -2.38. The molecule has 12 heteroatoms. The summed E-state index contributed by atoms with van der Waals surface area (Å²) in [6.07, 6.45) is -10.6. The van der Waals surface area contributed by atoms with Crippen molar-refractivity contribution in [2.24, 2.45) is 11.8 Å². The monoisotopic (exact) mass is 424 g/mol. The van der Waals surface area contributed by atoms with E-state index in [0.29, 0.717) is 18.4 Å². The average molecular weight is 424 g/mol. The molecule has 1 aromatic rings. The van der Waals surface area contributed by atoms with Gasteiger partial charge >= 0.3 is 12.4 Å². The summed E-state index contributed by atoms with van der Waals surface area (Å²) in [7, 11) is 0. The van der Waals surface area contributed by atoms with Gasteiger partial charge in [0.1, 0.15) is 6.04 Å². The first-order chi connectivity index (χ1) is 13.5. The maximum atomic E-state index is 13.6. The first-order valence-electron chi connectivity index (χ1n) is 8.99. The molecule has 4 rings (SSSR count). The molecule has 29 heavy (non-hydrogen) atoms. The van der Waals surface area contributed by atoms with Gasteiger partial charge < -0.3 is 10.4 Å². The Labute approximate surface area is 161 Å². The number of carbonyl (C=O) groups is 1. The Morgan fingerprint density at radius 3 is 2.21 bits per heavy atom. The number of aliphatic hydroxyl groups is 1. The van der Waals surface area contributed by atoms with Crippen LogP contribution in [-0.4, -0.2) is 40.8 Å². The topological polar surface area (TPSA) is 76.6 Å². The third-order valence-corrected chi connectivity index (χ3v) is 5.50. The molecule has 1 aromatic carbocycles. The van der Waals surface area contributed by atoms with E-state index < -0.39 is 54.3 Å². The molecule has 0 radical (unpaired) electrons. The predicted molar refractivity (Wildman–Crippen MR) is 86.3 cm³/mol. The van der Waals surface area contributed by atoms with E-state index in [9.17, 15) is 36.2 Å². The highest BCUT2D eigenvalue weighted by atomic mass is 19.4. The van der Waals surface area contributed by atoms with Gasteiger partial charge in [0.25, 0.3) is 0 Å². The first-order valence-corrected chi connectivity index (χ1v) is 8.99. The molecule has 0 aromatic heterocycles. The number of hydrazine groups is 1. The van der Waals surface area contributed by atoms with Crippen LogP contribution >= 0.6 is 0 Å². The highest BCUT2D eigenvalue weighted by Crippen LogP contribution is 2.48. The molecule has 6 nitrogen and oxygen atoms in total. The summed E-state index contributed by atoms with van der Waals surface area (Å²) < 4.78 is 79.2. The minimum absolute atomic E-state index is 0.0872. The highest BCUT2D eigenvalue weighted by molar-refractivity contribution is 5.81. The van der Waals surface area contributed by atoms with E-state index in [1.807, 2.05) is 5.32 Å². The number of nitrogens with zero attached hydrogens (tertiary/aromatic N) is 1. The molecule has 160 valence electrons. The molecular weight excluding hydrogens is 406 g/mol. The number of benzene rings is 1. The van der Waals surface area contributed by atoms with Crippen molar-refractivity contribution in [1.82, 2.24) is 21.1 Å². The van der Waals surface area contributed by atoms with Crippen LogP contribution in [-0.2, 0) is 11.0 Å². The normalized spacial score (nSPS) is 32.0. The van der Waals surface area contributed by atoms with Gasteiger partial charge in [-0.15, -0.1) is 0 Å². The number of alkyl halides is 6. The first kappa shape index (κ1) is 20.4. The van der Waals surface area contributed by atoms with Gasteiger partial charge in [-0.05, 0) is 36.5 Å². The summed E-state index contributed by atoms with van der Waals surface area (Å²) in [5.74, 6) is -2.61. The van der Waals surface area contributed by atoms with Gasteiger partial charge in [0.15, 0.2) is 6.35 Å². The van der Waals surface area contributed by atoms with Crippen LogP contribution in [0.15, 0.2) is 24.3 Å². The molecule has 4 N–H and O–H groups in total. The lowest BCUT2D eigenvalue weighted by atomic mass is 9.94. The van der Waals surface area contributed by atoms with Crippen molar-refractivity contribution in [3.63, 3.8) is 0 Å². The van der Waals surface area contributed by atoms with Crippen molar-refractivity contribution in [3.8, 4) is 0 Å². The molecule has 0 spiro atoms. The molecule has 3 fully saturated rings. The second-order valence-corrected chi connectivity index (χ2v) is 7.51. The summed E-state index contributed by atoms with van der Waals surface area (Å²) in [5.41, 5.74) is 1.88. The van der Waals surface area contributed by atoms with Crippen LogP contribution in [0.25, 0.3) is 0 Å². The maximum absolute atomic E-state index is 13.6. The number of amides is 1. The van der Waals surface area contributed by atoms with Crippen molar-refractivity contribution >= 4 is 5.91 Å². The lowest BCUT2D eigenvalue weighted by molar-refractivity contribution is -0.172. The molecule has 1 saturated carbocycles. The zero-order chi connectivity index (χ0) is 21.1. The molecule has 5 atom stereocenters. The molecule has 1 amide bonds. The summed E-state index contributed by atoms with van der Waals surface area (Å²) in [5, 5.41) is 15.6. The highest BCUT2D eigenvalue weighted by Gasteiger charge is 2.61. The van der Waals surface area contributed by atoms with Crippen molar-refractivity contribution in [2.45, 2.75) is 49.8 Å². The van der Waals surface area contributed by atoms with E-state index >= 15 is 0 Å². The predicted octanol–water partition coefficient (Wildman–Crippen LogP) is 1.85. The molecule has 2 aliphatic heterocycles. The van der Waals surface area contributed by atoms with Gasteiger partial charge in [0, 0.05) is 0 Å². The van der Waals surface area contributed by atoms with Crippen LogP contribution in [0.1, 0.15) is 30.0 Å². The summed E-state index contributed by atoms with van der Waals surface area (Å²) in [6.45, 7) is 0. The Kier molecular flexibility index (Phi) is 4.80. The number of hydrogen-bond acceptors (Lipinski definition) is 5. The minimum Gasteiger partial charge on any atom is -0.361 e. The molecule has 3 aliphatic rings. The Bertz CT molecular complexity index is 780. The van der Waals surface area contributed by atoms with Gasteiger partial charge in [-0.2, -0.15) is 26.3 Å². The van der Waals surface area contributed by atoms with Crippen LogP contribution in [0.4, 0.5) is 26.3 Å².